The Labute approximate surface area is 183 Å². The van der Waals surface area contributed by atoms with Crippen molar-refractivity contribution in [2.45, 2.75) is 6.42 Å². The summed E-state index contributed by atoms with van der Waals surface area (Å²) in [7, 11) is 0. The lowest BCUT2D eigenvalue weighted by Crippen LogP contribution is -2.09. The fourth-order valence-corrected chi connectivity index (χ4v) is 3.56. The summed E-state index contributed by atoms with van der Waals surface area (Å²) in [6.45, 7) is 1.25. The quantitative estimate of drug-likeness (QED) is 0.246. The third kappa shape index (κ3) is 6.20. The van der Waals surface area contributed by atoms with E-state index < -0.39 is 0 Å². The maximum Gasteiger partial charge on any atom is 0.119 e. The van der Waals surface area contributed by atoms with Gasteiger partial charge in [0.25, 0.3) is 0 Å². The number of aliphatic hydroxyl groups excluding tert-OH is 1. The van der Waals surface area contributed by atoms with Gasteiger partial charge in [-0.3, -0.25) is 0 Å². The molecule has 0 aromatic heterocycles. The van der Waals surface area contributed by atoms with Crippen LogP contribution in [0.3, 0.4) is 0 Å². The molecule has 0 atom stereocenters. The molecule has 0 aliphatic heterocycles. The zero-order chi connectivity index (χ0) is 21.0. The van der Waals surface area contributed by atoms with E-state index in [2.05, 4.69) is 60.7 Å². The topological polar surface area (TPSA) is 38.7 Å². The Morgan fingerprint density at radius 2 is 1.30 bits per heavy atom. The molecule has 3 rings (SSSR count). The number of aliphatic hydroxyl groups is 1. The standard InChI is InChI=1S/C26H27ClO3/c27-16-15-25(21-7-3-1-4-8-21)26(22-9-5-2-6-10-22)23-11-13-24(14-12-23)30-20-19-29-18-17-28/h1-14,28H,15-20H2/b26-25+. The highest BCUT2D eigenvalue weighted by Crippen LogP contribution is 2.35. The molecule has 0 saturated heterocycles. The van der Waals surface area contributed by atoms with Crippen molar-refractivity contribution >= 4 is 22.7 Å². The number of allylic oxidation sites excluding steroid dienone is 1. The number of hydrogen-bond donors (Lipinski definition) is 1. The van der Waals surface area contributed by atoms with Crippen molar-refractivity contribution in [2.24, 2.45) is 0 Å². The minimum absolute atomic E-state index is 0.0232. The van der Waals surface area contributed by atoms with Gasteiger partial charge in [-0.25, -0.2) is 0 Å². The highest BCUT2D eigenvalue weighted by Gasteiger charge is 2.14. The van der Waals surface area contributed by atoms with Crippen molar-refractivity contribution in [1.29, 1.82) is 0 Å². The Bertz CT molecular complexity index is 906. The summed E-state index contributed by atoms with van der Waals surface area (Å²) >= 11 is 6.20. The fraction of sp³-hybridized carbons (Fsp3) is 0.231. The Balaban J connectivity index is 1.93. The first-order chi connectivity index (χ1) is 14.8. The molecule has 0 unspecified atom stereocenters. The third-order valence-electron chi connectivity index (χ3n) is 4.71. The van der Waals surface area contributed by atoms with Crippen molar-refractivity contribution in [2.75, 3.05) is 32.3 Å². The van der Waals surface area contributed by atoms with E-state index in [0.717, 1.165) is 23.3 Å². The highest BCUT2D eigenvalue weighted by molar-refractivity contribution is 6.18. The van der Waals surface area contributed by atoms with Crippen LogP contribution in [0.4, 0.5) is 0 Å². The summed E-state index contributed by atoms with van der Waals surface area (Å²) < 4.78 is 11.0. The summed E-state index contributed by atoms with van der Waals surface area (Å²) in [5, 5.41) is 8.75. The van der Waals surface area contributed by atoms with Crippen molar-refractivity contribution < 1.29 is 14.6 Å². The van der Waals surface area contributed by atoms with Gasteiger partial charge in [-0.15, -0.1) is 11.6 Å². The summed E-state index contributed by atoms with van der Waals surface area (Å²) in [4.78, 5) is 0. The average molecular weight is 423 g/mol. The van der Waals surface area contributed by atoms with Gasteiger partial charge in [0.1, 0.15) is 12.4 Å². The van der Waals surface area contributed by atoms with Crippen LogP contribution < -0.4 is 4.74 Å². The molecule has 0 aliphatic rings. The Morgan fingerprint density at radius 1 is 0.700 bits per heavy atom. The lowest BCUT2D eigenvalue weighted by Gasteiger charge is -2.17. The predicted octanol–water partition coefficient (Wildman–Crippen LogP) is 5.66. The van der Waals surface area contributed by atoms with Crippen LogP contribution >= 0.6 is 11.6 Å². The van der Waals surface area contributed by atoms with E-state index >= 15 is 0 Å². The zero-order valence-electron chi connectivity index (χ0n) is 17.0. The van der Waals surface area contributed by atoms with Crippen molar-refractivity contribution in [3.05, 3.63) is 102 Å². The molecule has 1 N–H and O–H groups in total. The van der Waals surface area contributed by atoms with Crippen LogP contribution in [-0.2, 0) is 4.74 Å². The fourth-order valence-electron chi connectivity index (χ4n) is 3.37. The molecule has 3 nitrogen and oxygen atoms in total. The first-order valence-electron chi connectivity index (χ1n) is 10.1. The van der Waals surface area contributed by atoms with Crippen LogP contribution in [0.25, 0.3) is 11.1 Å². The SMILES string of the molecule is OCCOCCOc1ccc(/C(=C(\CCCl)c2ccccc2)c2ccccc2)cc1. The number of halogens is 1. The normalized spacial score (nSPS) is 11.8. The van der Waals surface area contributed by atoms with Crippen LogP contribution in [0.5, 0.6) is 5.75 Å². The molecule has 0 spiro atoms. The van der Waals surface area contributed by atoms with Crippen molar-refractivity contribution in [3.8, 4) is 5.75 Å². The lowest BCUT2D eigenvalue weighted by molar-refractivity contribution is 0.0705. The van der Waals surface area contributed by atoms with Gasteiger partial charge in [0.05, 0.1) is 19.8 Å². The molecule has 30 heavy (non-hydrogen) atoms. The van der Waals surface area contributed by atoms with Crippen LogP contribution in [0.2, 0.25) is 0 Å². The van der Waals surface area contributed by atoms with Gasteiger partial charge in [0.15, 0.2) is 0 Å². The second kappa shape index (κ2) is 12.2. The maximum atomic E-state index is 8.75. The molecule has 0 amide bonds. The van der Waals surface area contributed by atoms with E-state index in [1.807, 2.05) is 24.3 Å². The third-order valence-corrected chi connectivity index (χ3v) is 4.89. The summed E-state index contributed by atoms with van der Waals surface area (Å²) in [6, 6.07) is 29.0. The summed E-state index contributed by atoms with van der Waals surface area (Å²) in [6.07, 6.45) is 0.774. The molecule has 0 fully saturated rings. The van der Waals surface area contributed by atoms with E-state index in [-0.39, 0.29) is 6.61 Å². The Kier molecular flexibility index (Phi) is 8.98. The smallest absolute Gasteiger partial charge is 0.119 e. The minimum atomic E-state index is 0.0232. The van der Waals surface area contributed by atoms with Gasteiger partial charge >= 0.3 is 0 Å². The Morgan fingerprint density at radius 3 is 1.90 bits per heavy atom. The second-order valence-electron chi connectivity index (χ2n) is 6.73. The molecular weight excluding hydrogens is 396 g/mol. The van der Waals surface area contributed by atoms with Crippen molar-refractivity contribution in [1.82, 2.24) is 0 Å². The van der Waals surface area contributed by atoms with Crippen LogP contribution in [0.15, 0.2) is 84.9 Å². The Hall–Kier alpha value is -2.59. The maximum absolute atomic E-state index is 8.75. The summed E-state index contributed by atoms with van der Waals surface area (Å²) in [5.74, 6) is 1.34. The van der Waals surface area contributed by atoms with Gasteiger partial charge in [-0.1, -0.05) is 72.8 Å². The van der Waals surface area contributed by atoms with E-state index in [1.54, 1.807) is 0 Å². The van der Waals surface area contributed by atoms with Gasteiger partial charge < -0.3 is 14.6 Å². The first-order valence-corrected chi connectivity index (χ1v) is 10.7. The average Bonchev–Trinajstić information content (AvgIpc) is 2.81. The number of rotatable bonds is 11. The number of alkyl halides is 1. The van der Waals surface area contributed by atoms with Crippen molar-refractivity contribution in [3.63, 3.8) is 0 Å². The van der Waals surface area contributed by atoms with E-state index in [4.69, 9.17) is 26.2 Å². The molecule has 4 heteroatoms. The molecule has 0 heterocycles. The van der Waals surface area contributed by atoms with E-state index in [0.29, 0.717) is 25.7 Å². The largest absolute Gasteiger partial charge is 0.491 e. The summed E-state index contributed by atoms with van der Waals surface area (Å²) in [5.41, 5.74) is 5.86. The zero-order valence-corrected chi connectivity index (χ0v) is 17.7. The van der Waals surface area contributed by atoms with Gasteiger partial charge in [-0.2, -0.15) is 0 Å². The monoisotopic (exact) mass is 422 g/mol. The molecule has 0 bridgehead atoms. The second-order valence-corrected chi connectivity index (χ2v) is 7.11. The first kappa shape index (κ1) is 22.1. The molecule has 0 saturated carbocycles. The van der Waals surface area contributed by atoms with Gasteiger partial charge in [0, 0.05) is 5.88 Å². The van der Waals surface area contributed by atoms with Crippen LogP contribution in [0, 0.1) is 0 Å². The van der Waals surface area contributed by atoms with E-state index in [9.17, 15) is 0 Å². The molecule has 3 aromatic rings. The molecule has 0 aliphatic carbocycles. The minimum Gasteiger partial charge on any atom is -0.491 e. The van der Waals surface area contributed by atoms with E-state index in [1.165, 1.54) is 16.7 Å². The molecular formula is C26H27ClO3. The molecule has 0 radical (unpaired) electrons. The number of ether oxygens (including phenoxy) is 2. The highest BCUT2D eigenvalue weighted by atomic mass is 35.5. The predicted molar refractivity (Wildman–Crippen MR) is 124 cm³/mol. The number of benzene rings is 3. The molecule has 3 aromatic carbocycles. The van der Waals surface area contributed by atoms with Gasteiger partial charge in [0.2, 0.25) is 0 Å². The lowest BCUT2D eigenvalue weighted by atomic mass is 9.88. The van der Waals surface area contributed by atoms with Crippen LogP contribution in [0.1, 0.15) is 23.1 Å². The number of hydrogen-bond acceptors (Lipinski definition) is 3. The van der Waals surface area contributed by atoms with Gasteiger partial charge in [-0.05, 0) is 46.4 Å². The van der Waals surface area contributed by atoms with Crippen LogP contribution in [-0.4, -0.2) is 37.4 Å². The molecule has 156 valence electrons.